The van der Waals surface area contributed by atoms with E-state index in [0.29, 0.717) is 6.29 Å². The third-order valence-corrected chi connectivity index (χ3v) is 2.54. The topological polar surface area (TPSA) is 39.4 Å². The molecule has 100 valence electrons. The van der Waals surface area contributed by atoms with Crippen molar-refractivity contribution in [3.05, 3.63) is 41.7 Å². The average molecular weight is 270 g/mol. The highest BCUT2D eigenvalue weighted by Crippen LogP contribution is 2.42. The van der Waals surface area contributed by atoms with Gasteiger partial charge in [-0.15, -0.1) is 0 Å². The van der Waals surface area contributed by atoms with Crippen molar-refractivity contribution >= 4 is 6.29 Å². The van der Waals surface area contributed by atoms with Crippen LogP contribution in [-0.4, -0.2) is 13.4 Å². The Bertz CT molecular complexity index is 599. The number of hydrogen-bond acceptors (Lipinski definition) is 3. The van der Waals surface area contributed by atoms with E-state index in [4.69, 9.17) is 9.15 Å². The molecule has 2 aromatic rings. The van der Waals surface area contributed by atoms with Gasteiger partial charge in [-0.05, 0) is 18.2 Å². The van der Waals surface area contributed by atoms with Crippen molar-refractivity contribution in [1.82, 2.24) is 0 Å². The Balaban J connectivity index is 2.65. The number of halogens is 3. The van der Waals surface area contributed by atoms with Gasteiger partial charge in [0.1, 0.15) is 17.1 Å². The molecule has 19 heavy (non-hydrogen) atoms. The fraction of sp³-hybridized carbons (Fsp3) is 0.154. The summed E-state index contributed by atoms with van der Waals surface area (Å²) in [5.74, 6) is -0.367. The normalized spacial score (nSPS) is 11.4. The molecule has 0 aliphatic rings. The van der Waals surface area contributed by atoms with Gasteiger partial charge in [-0.25, -0.2) is 0 Å². The van der Waals surface area contributed by atoms with Crippen LogP contribution >= 0.6 is 0 Å². The fourth-order valence-electron chi connectivity index (χ4n) is 1.76. The molecule has 0 fully saturated rings. The van der Waals surface area contributed by atoms with Gasteiger partial charge in [0.05, 0.1) is 7.11 Å². The number of carbonyl (C=O) groups excluding carboxylic acids is 1. The second kappa shape index (κ2) is 4.79. The first kappa shape index (κ1) is 13.2. The number of carbonyl (C=O) groups is 1. The largest absolute Gasteiger partial charge is 0.496 e. The Morgan fingerprint density at radius 1 is 1.21 bits per heavy atom. The SMILES string of the molecule is COc1cccc(-c2ccc(C=O)o2)c1C(F)(F)F. The van der Waals surface area contributed by atoms with Crippen LogP contribution in [-0.2, 0) is 6.18 Å². The maximum Gasteiger partial charge on any atom is 0.420 e. The van der Waals surface area contributed by atoms with Gasteiger partial charge < -0.3 is 9.15 Å². The van der Waals surface area contributed by atoms with Gasteiger partial charge in [0.25, 0.3) is 0 Å². The van der Waals surface area contributed by atoms with Crippen molar-refractivity contribution in [3.63, 3.8) is 0 Å². The van der Waals surface area contributed by atoms with Gasteiger partial charge in [-0.2, -0.15) is 13.2 Å². The van der Waals surface area contributed by atoms with Crippen molar-refractivity contribution in [2.75, 3.05) is 7.11 Å². The Kier molecular flexibility index (Phi) is 3.33. The third-order valence-electron chi connectivity index (χ3n) is 2.54. The van der Waals surface area contributed by atoms with Crippen molar-refractivity contribution in [3.8, 4) is 17.1 Å². The number of methoxy groups -OCH3 is 1. The molecule has 0 amide bonds. The maximum atomic E-state index is 13.1. The predicted octanol–water partition coefficient (Wildman–Crippen LogP) is 3.79. The van der Waals surface area contributed by atoms with E-state index in [1.807, 2.05) is 0 Å². The van der Waals surface area contributed by atoms with E-state index in [1.165, 1.54) is 30.3 Å². The van der Waals surface area contributed by atoms with Gasteiger partial charge in [0, 0.05) is 5.56 Å². The van der Waals surface area contributed by atoms with E-state index in [2.05, 4.69) is 0 Å². The standard InChI is InChI=1S/C13H9F3O3/c1-18-11-4-2-3-9(12(11)13(14,15)16)10-6-5-8(7-17)19-10/h2-7H,1H3. The minimum absolute atomic E-state index is 0.0340. The molecular weight excluding hydrogens is 261 g/mol. The number of furan rings is 1. The molecule has 0 N–H and O–H groups in total. The molecule has 1 heterocycles. The van der Waals surface area contributed by atoms with Crippen LogP contribution in [0, 0.1) is 0 Å². The molecule has 0 spiro atoms. The number of rotatable bonds is 3. The Morgan fingerprint density at radius 3 is 2.47 bits per heavy atom. The Hall–Kier alpha value is -2.24. The first-order chi connectivity index (χ1) is 8.97. The summed E-state index contributed by atoms with van der Waals surface area (Å²) in [5, 5.41) is 0. The fourth-order valence-corrected chi connectivity index (χ4v) is 1.76. The molecule has 1 aromatic heterocycles. The quantitative estimate of drug-likeness (QED) is 0.796. The van der Waals surface area contributed by atoms with Crippen LogP contribution in [0.5, 0.6) is 5.75 Å². The molecule has 6 heteroatoms. The third kappa shape index (κ3) is 2.47. The number of aldehydes is 1. The highest BCUT2D eigenvalue weighted by atomic mass is 19.4. The second-order valence-electron chi connectivity index (χ2n) is 3.70. The van der Waals surface area contributed by atoms with Gasteiger partial charge in [0.2, 0.25) is 0 Å². The lowest BCUT2D eigenvalue weighted by atomic mass is 10.0. The summed E-state index contributed by atoms with van der Waals surface area (Å²) in [7, 11) is 1.16. The zero-order valence-electron chi connectivity index (χ0n) is 9.82. The van der Waals surface area contributed by atoms with Crippen molar-refractivity contribution < 1.29 is 27.1 Å². The molecule has 0 aliphatic heterocycles. The number of benzene rings is 1. The van der Waals surface area contributed by atoms with Crippen LogP contribution in [0.15, 0.2) is 34.7 Å². The van der Waals surface area contributed by atoms with Crippen molar-refractivity contribution in [2.24, 2.45) is 0 Å². The van der Waals surface area contributed by atoms with Gasteiger partial charge in [-0.3, -0.25) is 4.79 Å². The summed E-state index contributed by atoms with van der Waals surface area (Å²) >= 11 is 0. The van der Waals surface area contributed by atoms with Crippen molar-refractivity contribution in [1.29, 1.82) is 0 Å². The summed E-state index contributed by atoms with van der Waals surface area (Å²) in [6.07, 6.45) is -4.16. The lowest BCUT2D eigenvalue weighted by Crippen LogP contribution is -2.09. The summed E-state index contributed by atoms with van der Waals surface area (Å²) in [6.45, 7) is 0. The van der Waals surface area contributed by atoms with E-state index >= 15 is 0 Å². The first-order valence-electron chi connectivity index (χ1n) is 5.27. The van der Waals surface area contributed by atoms with Crippen LogP contribution in [0.4, 0.5) is 13.2 Å². The molecule has 0 bridgehead atoms. The van der Waals surface area contributed by atoms with E-state index in [1.54, 1.807) is 0 Å². The van der Waals surface area contributed by atoms with Crippen LogP contribution in [0.1, 0.15) is 16.1 Å². The summed E-state index contributed by atoms with van der Waals surface area (Å²) < 4.78 is 49.0. The monoisotopic (exact) mass is 270 g/mol. The second-order valence-corrected chi connectivity index (χ2v) is 3.70. The van der Waals surface area contributed by atoms with Crippen molar-refractivity contribution in [2.45, 2.75) is 6.18 Å². The molecule has 1 aromatic carbocycles. The molecule has 3 nitrogen and oxygen atoms in total. The van der Waals surface area contributed by atoms with Gasteiger partial charge in [-0.1, -0.05) is 12.1 Å². The molecule has 0 saturated carbocycles. The highest BCUT2D eigenvalue weighted by molar-refractivity contribution is 5.74. The minimum Gasteiger partial charge on any atom is -0.496 e. The Labute approximate surface area is 106 Å². The number of hydrogen-bond donors (Lipinski definition) is 0. The zero-order chi connectivity index (χ0) is 14.0. The lowest BCUT2D eigenvalue weighted by Gasteiger charge is -2.15. The van der Waals surface area contributed by atoms with Crippen LogP contribution in [0.25, 0.3) is 11.3 Å². The molecule has 2 rings (SSSR count). The smallest absolute Gasteiger partial charge is 0.420 e. The number of ether oxygens (including phenoxy) is 1. The van der Waals surface area contributed by atoms with Crippen LogP contribution in [0.3, 0.4) is 0 Å². The van der Waals surface area contributed by atoms with Gasteiger partial charge in [0.15, 0.2) is 12.0 Å². The molecule has 0 radical (unpaired) electrons. The molecule has 0 unspecified atom stereocenters. The van der Waals surface area contributed by atoms with Gasteiger partial charge >= 0.3 is 6.18 Å². The molecule has 0 aliphatic carbocycles. The average Bonchev–Trinajstić information content (AvgIpc) is 2.85. The lowest BCUT2D eigenvalue weighted by molar-refractivity contribution is -0.138. The Morgan fingerprint density at radius 2 is 1.95 bits per heavy atom. The molecule has 0 saturated heterocycles. The summed E-state index contributed by atoms with van der Waals surface area (Å²) in [4.78, 5) is 10.5. The van der Waals surface area contributed by atoms with E-state index in [-0.39, 0.29) is 22.8 Å². The minimum atomic E-state index is -4.59. The predicted molar refractivity (Wildman–Crippen MR) is 61.1 cm³/mol. The highest BCUT2D eigenvalue weighted by Gasteiger charge is 2.38. The number of alkyl halides is 3. The van der Waals surface area contributed by atoms with Crippen LogP contribution in [0.2, 0.25) is 0 Å². The summed E-state index contributed by atoms with van der Waals surface area (Å²) in [5.41, 5.74) is -1.09. The maximum absolute atomic E-state index is 13.1. The van der Waals surface area contributed by atoms with E-state index < -0.39 is 11.7 Å². The van der Waals surface area contributed by atoms with E-state index in [0.717, 1.165) is 7.11 Å². The summed E-state index contributed by atoms with van der Waals surface area (Å²) in [6, 6.07) is 6.52. The van der Waals surface area contributed by atoms with Crippen LogP contribution < -0.4 is 4.74 Å². The molecule has 0 atom stereocenters. The zero-order valence-corrected chi connectivity index (χ0v) is 9.82. The van der Waals surface area contributed by atoms with E-state index in [9.17, 15) is 18.0 Å². The first-order valence-corrected chi connectivity index (χ1v) is 5.27. The molecular formula is C13H9F3O3.